The van der Waals surface area contributed by atoms with Crippen LogP contribution in [0.2, 0.25) is 0 Å². The first kappa shape index (κ1) is 18.3. The van der Waals surface area contributed by atoms with Gasteiger partial charge < -0.3 is 9.84 Å². The number of phenols is 1. The number of nitrogens with one attached hydrogen (secondary N) is 1. The van der Waals surface area contributed by atoms with Gasteiger partial charge in [0.05, 0.1) is 10.5 Å². The second-order valence-electron chi connectivity index (χ2n) is 6.02. The molecule has 2 aliphatic heterocycles. The van der Waals surface area contributed by atoms with Gasteiger partial charge in [-0.2, -0.15) is 5.01 Å². The lowest BCUT2D eigenvalue weighted by Crippen LogP contribution is -2.44. The van der Waals surface area contributed by atoms with Crippen LogP contribution >= 0.6 is 24.0 Å². The molecule has 0 spiro atoms. The number of para-hydroxylation sites is 2. The van der Waals surface area contributed by atoms with Crippen molar-refractivity contribution in [2.45, 2.75) is 0 Å². The van der Waals surface area contributed by atoms with Gasteiger partial charge in [0.25, 0.3) is 11.8 Å². The molecule has 28 heavy (non-hydrogen) atoms. The van der Waals surface area contributed by atoms with E-state index >= 15 is 0 Å². The lowest BCUT2D eigenvalue weighted by atomic mass is 10.1. The number of nitrogens with zero attached hydrogens (tertiary/aromatic N) is 1. The van der Waals surface area contributed by atoms with Crippen LogP contribution in [0.1, 0.15) is 15.9 Å². The normalized spacial score (nSPS) is 17.2. The van der Waals surface area contributed by atoms with Crippen LogP contribution in [-0.2, 0) is 4.79 Å². The van der Waals surface area contributed by atoms with Gasteiger partial charge in [0.1, 0.15) is 18.1 Å². The molecule has 2 aliphatic rings. The van der Waals surface area contributed by atoms with E-state index in [9.17, 15) is 14.7 Å². The molecule has 2 aromatic carbocycles. The van der Waals surface area contributed by atoms with Crippen molar-refractivity contribution in [1.29, 1.82) is 0 Å². The lowest BCUT2D eigenvalue weighted by Gasteiger charge is -2.16. The van der Waals surface area contributed by atoms with E-state index < -0.39 is 11.8 Å². The Balaban J connectivity index is 1.53. The van der Waals surface area contributed by atoms with Crippen molar-refractivity contribution < 1.29 is 19.4 Å². The Bertz CT molecular complexity index is 1060. The molecule has 1 fully saturated rings. The van der Waals surface area contributed by atoms with E-state index in [0.717, 1.165) is 33.7 Å². The number of thiocarbonyl (C=S) groups is 1. The van der Waals surface area contributed by atoms with Gasteiger partial charge in [-0.3, -0.25) is 15.0 Å². The van der Waals surface area contributed by atoms with Crippen molar-refractivity contribution in [2.24, 2.45) is 0 Å². The number of hydrazine groups is 1. The van der Waals surface area contributed by atoms with Crippen molar-refractivity contribution in [3.8, 4) is 11.5 Å². The first-order chi connectivity index (χ1) is 13.5. The number of carbonyl (C=O) groups excluding carboxylic acids is 2. The van der Waals surface area contributed by atoms with Crippen LogP contribution in [-0.4, -0.2) is 32.9 Å². The van der Waals surface area contributed by atoms with Gasteiger partial charge in [0, 0.05) is 5.56 Å². The number of fused-ring (bicyclic) bond motifs is 1. The molecular weight excluding hydrogens is 396 g/mol. The topological polar surface area (TPSA) is 78.9 Å². The molecule has 0 saturated carbocycles. The fourth-order valence-electron chi connectivity index (χ4n) is 2.78. The van der Waals surface area contributed by atoms with E-state index in [1.807, 2.05) is 30.3 Å². The number of aromatic hydroxyl groups is 1. The number of ether oxygens (including phenoxy) is 1. The van der Waals surface area contributed by atoms with E-state index in [0.29, 0.717) is 11.5 Å². The minimum atomic E-state index is -0.621. The zero-order valence-electron chi connectivity index (χ0n) is 14.4. The summed E-state index contributed by atoms with van der Waals surface area (Å²) in [5.74, 6) is -0.436. The third-order valence-corrected chi connectivity index (χ3v) is 5.43. The van der Waals surface area contributed by atoms with Crippen LogP contribution in [0.4, 0.5) is 0 Å². The Kier molecular flexibility index (Phi) is 4.89. The van der Waals surface area contributed by atoms with Crippen LogP contribution in [0.3, 0.4) is 0 Å². The van der Waals surface area contributed by atoms with Crippen molar-refractivity contribution in [1.82, 2.24) is 10.4 Å². The molecule has 2 heterocycles. The highest BCUT2D eigenvalue weighted by molar-refractivity contribution is 8.26. The van der Waals surface area contributed by atoms with Crippen LogP contribution in [0.5, 0.6) is 11.5 Å². The Labute approximate surface area is 170 Å². The second kappa shape index (κ2) is 7.49. The quantitative estimate of drug-likeness (QED) is 0.597. The maximum absolute atomic E-state index is 12.7. The number of carbonyl (C=O) groups is 2. The molecule has 0 unspecified atom stereocenters. The van der Waals surface area contributed by atoms with Crippen molar-refractivity contribution in [3.63, 3.8) is 0 Å². The summed E-state index contributed by atoms with van der Waals surface area (Å²) >= 11 is 6.32. The molecule has 0 aliphatic carbocycles. The van der Waals surface area contributed by atoms with Gasteiger partial charge in [0.2, 0.25) is 0 Å². The summed E-state index contributed by atoms with van der Waals surface area (Å²) in [6, 6.07) is 13.7. The third kappa shape index (κ3) is 3.51. The average Bonchev–Trinajstić information content (AvgIpc) is 2.95. The number of thioether (sulfide) groups is 1. The van der Waals surface area contributed by atoms with Crippen molar-refractivity contribution >= 4 is 46.2 Å². The summed E-state index contributed by atoms with van der Waals surface area (Å²) in [4.78, 5) is 25.4. The largest absolute Gasteiger partial charge is 0.507 e. The number of hydrogen-bond acceptors (Lipinski definition) is 6. The van der Waals surface area contributed by atoms with Gasteiger partial charge in [-0.25, -0.2) is 0 Å². The minimum absolute atomic E-state index is 0.0560. The summed E-state index contributed by atoms with van der Waals surface area (Å²) in [5, 5.41) is 10.8. The lowest BCUT2D eigenvalue weighted by molar-refractivity contribution is -0.123. The molecule has 2 aromatic rings. The molecular formula is C20H14N2O4S2. The maximum atomic E-state index is 12.7. The Morgan fingerprint density at radius 3 is 2.79 bits per heavy atom. The summed E-state index contributed by atoms with van der Waals surface area (Å²) in [5.41, 5.74) is 4.26. The van der Waals surface area contributed by atoms with Crippen LogP contribution in [0.15, 0.2) is 65.1 Å². The molecule has 0 bridgehead atoms. The molecule has 0 radical (unpaired) electrons. The zero-order valence-corrected chi connectivity index (χ0v) is 16.0. The number of rotatable bonds is 3. The van der Waals surface area contributed by atoms with Crippen LogP contribution < -0.4 is 10.2 Å². The molecule has 2 amide bonds. The van der Waals surface area contributed by atoms with E-state index in [1.165, 1.54) is 12.1 Å². The highest BCUT2D eigenvalue weighted by Crippen LogP contribution is 2.33. The second-order valence-corrected chi connectivity index (χ2v) is 7.70. The molecule has 0 atom stereocenters. The summed E-state index contributed by atoms with van der Waals surface area (Å²) in [6.45, 7) is 0.339. The highest BCUT2D eigenvalue weighted by Gasteiger charge is 2.34. The van der Waals surface area contributed by atoms with Gasteiger partial charge in [-0.05, 0) is 48.1 Å². The van der Waals surface area contributed by atoms with E-state index in [4.69, 9.17) is 17.0 Å². The zero-order chi connectivity index (χ0) is 19.7. The first-order valence-corrected chi connectivity index (χ1v) is 9.55. The van der Waals surface area contributed by atoms with Gasteiger partial charge >= 0.3 is 0 Å². The molecule has 1 saturated heterocycles. The fourth-order valence-corrected chi connectivity index (χ4v) is 3.97. The monoisotopic (exact) mass is 410 g/mol. The minimum Gasteiger partial charge on any atom is -0.507 e. The summed E-state index contributed by atoms with van der Waals surface area (Å²) in [6.07, 6.45) is 3.66. The fraction of sp³-hybridized carbons (Fsp3) is 0.0500. The first-order valence-electron chi connectivity index (χ1n) is 8.32. The van der Waals surface area contributed by atoms with E-state index in [2.05, 4.69) is 5.43 Å². The van der Waals surface area contributed by atoms with Crippen LogP contribution in [0.25, 0.3) is 6.08 Å². The van der Waals surface area contributed by atoms with Crippen molar-refractivity contribution in [2.75, 3.05) is 6.61 Å². The number of benzene rings is 2. The molecule has 8 heteroatoms. The van der Waals surface area contributed by atoms with E-state index in [-0.39, 0.29) is 15.6 Å². The molecule has 6 nitrogen and oxygen atoms in total. The third-order valence-electron chi connectivity index (χ3n) is 4.13. The number of phenolic OH excluding ortho intramolecular Hbond substituents is 1. The predicted molar refractivity (Wildman–Crippen MR) is 111 cm³/mol. The smallest absolute Gasteiger partial charge is 0.285 e. The van der Waals surface area contributed by atoms with Gasteiger partial charge in [-0.1, -0.05) is 42.1 Å². The predicted octanol–water partition coefficient (Wildman–Crippen LogP) is 3.26. The van der Waals surface area contributed by atoms with E-state index in [1.54, 1.807) is 18.2 Å². The van der Waals surface area contributed by atoms with Crippen molar-refractivity contribution in [3.05, 3.63) is 76.2 Å². The number of amides is 2. The summed E-state index contributed by atoms with van der Waals surface area (Å²) < 4.78 is 5.90. The Morgan fingerprint density at radius 2 is 1.96 bits per heavy atom. The average molecular weight is 410 g/mol. The maximum Gasteiger partial charge on any atom is 0.285 e. The molecule has 4 rings (SSSR count). The standard InChI is InChI=1S/C20H14N2O4S2/c23-15-7-3-2-6-14(15)18(24)21-22-19(25)17(28-20(22)27)10-12-9-13-5-1-4-8-16(13)26-11-12/h1-10,23H,11H2,(H,21,24). The molecule has 140 valence electrons. The Morgan fingerprint density at radius 1 is 1.21 bits per heavy atom. The molecule has 2 N–H and O–H groups in total. The molecule has 0 aromatic heterocycles. The Hall–Kier alpha value is -3.10. The van der Waals surface area contributed by atoms with Gasteiger partial charge in [0.15, 0.2) is 4.32 Å². The highest BCUT2D eigenvalue weighted by atomic mass is 32.2. The number of hydrogen-bond donors (Lipinski definition) is 2. The van der Waals surface area contributed by atoms with Gasteiger partial charge in [-0.15, -0.1) is 0 Å². The SMILES string of the molecule is O=C(NN1C(=O)C(=CC2=Cc3ccccc3OC2)SC1=S)c1ccccc1O. The van der Waals surface area contributed by atoms with Crippen LogP contribution in [0, 0.1) is 0 Å². The summed E-state index contributed by atoms with van der Waals surface area (Å²) in [7, 11) is 0.